The highest BCUT2D eigenvalue weighted by Gasteiger charge is 2.25. The average molecular weight is 411 g/mol. The van der Waals surface area contributed by atoms with Gasteiger partial charge in [-0.15, -0.1) is 12.4 Å². The summed E-state index contributed by atoms with van der Waals surface area (Å²) >= 11 is 0. The van der Waals surface area contributed by atoms with Crippen LogP contribution >= 0.6 is 12.4 Å². The second-order valence-corrected chi connectivity index (χ2v) is 7.49. The Kier molecular flexibility index (Phi) is 8.23. The largest absolute Gasteiger partial charge is 0.412 e. The van der Waals surface area contributed by atoms with E-state index in [2.05, 4.69) is 9.80 Å². The molecule has 3 nitrogen and oxygen atoms in total. The van der Waals surface area contributed by atoms with Crippen LogP contribution in [0.15, 0.2) is 42.5 Å². The van der Waals surface area contributed by atoms with Crippen LogP contribution in [0.5, 0.6) is 0 Å². The van der Waals surface area contributed by atoms with Gasteiger partial charge in [-0.25, -0.2) is 8.78 Å². The number of anilines is 1. The molecule has 1 saturated heterocycles. The van der Waals surface area contributed by atoms with E-state index in [1.807, 2.05) is 18.2 Å². The van der Waals surface area contributed by atoms with Gasteiger partial charge in [0.1, 0.15) is 11.6 Å². The Labute approximate surface area is 172 Å². The first kappa shape index (κ1) is 22.6. The molecule has 0 saturated carbocycles. The minimum atomic E-state index is -0.214. The lowest BCUT2D eigenvalue weighted by atomic mass is 9.87. The van der Waals surface area contributed by atoms with Crippen LogP contribution < -0.4 is 4.90 Å². The fourth-order valence-corrected chi connectivity index (χ4v) is 4.39. The minimum absolute atomic E-state index is 0. The first-order valence-corrected chi connectivity index (χ1v) is 9.73. The van der Waals surface area contributed by atoms with E-state index < -0.39 is 0 Å². The van der Waals surface area contributed by atoms with Crippen LogP contribution in [-0.2, 0) is 0 Å². The predicted octanol–water partition coefficient (Wildman–Crippen LogP) is 4.39. The molecule has 0 aromatic heterocycles. The van der Waals surface area contributed by atoms with Crippen LogP contribution in [0.25, 0.3) is 0 Å². The van der Waals surface area contributed by atoms with Crippen molar-refractivity contribution in [2.24, 2.45) is 0 Å². The minimum Gasteiger partial charge on any atom is -0.412 e. The molecule has 2 aromatic rings. The van der Waals surface area contributed by atoms with Crippen molar-refractivity contribution >= 4 is 18.1 Å². The number of hydrogen-bond donors (Lipinski definition) is 0. The van der Waals surface area contributed by atoms with Crippen molar-refractivity contribution in [2.75, 3.05) is 37.6 Å². The first-order chi connectivity index (χ1) is 12.7. The third-order valence-electron chi connectivity index (χ3n) is 5.79. The highest BCUT2D eigenvalue weighted by atomic mass is 35.5. The summed E-state index contributed by atoms with van der Waals surface area (Å²) in [6.07, 6.45) is 4.64. The number of nitrogens with zero attached hydrogens (tertiary/aromatic N) is 2. The highest BCUT2D eigenvalue weighted by Crippen LogP contribution is 2.39. The molecule has 2 aliphatic heterocycles. The Hall–Kier alpha value is -1.69. The molecule has 0 spiro atoms. The van der Waals surface area contributed by atoms with Crippen molar-refractivity contribution in [3.05, 3.63) is 65.2 Å². The molecule has 2 aromatic carbocycles. The molecule has 0 radical (unpaired) electrons. The van der Waals surface area contributed by atoms with Crippen molar-refractivity contribution in [1.82, 2.24) is 4.90 Å². The maximum atomic E-state index is 14.0. The van der Waals surface area contributed by atoms with Crippen LogP contribution in [0.1, 0.15) is 42.7 Å². The molecule has 0 bridgehead atoms. The lowest BCUT2D eigenvalue weighted by molar-refractivity contribution is 0.344. The third-order valence-corrected chi connectivity index (χ3v) is 5.79. The molecular formula is C22H29ClF2N2O. The Bertz CT molecular complexity index is 751. The van der Waals surface area contributed by atoms with Crippen molar-refractivity contribution in [3.63, 3.8) is 0 Å². The molecule has 2 aliphatic rings. The molecule has 1 fully saturated rings. The first-order valence-electron chi connectivity index (χ1n) is 9.73. The Balaban J connectivity index is 0.00000140. The number of halogens is 3. The lowest BCUT2D eigenvalue weighted by Crippen LogP contribution is -2.34. The monoisotopic (exact) mass is 410 g/mol. The quantitative estimate of drug-likeness (QED) is 0.749. The van der Waals surface area contributed by atoms with Crippen molar-refractivity contribution in [2.45, 2.75) is 31.6 Å². The van der Waals surface area contributed by atoms with Gasteiger partial charge >= 0.3 is 0 Å². The summed E-state index contributed by atoms with van der Waals surface area (Å²) in [6, 6.07) is 11.9. The summed E-state index contributed by atoms with van der Waals surface area (Å²) in [4.78, 5) is 4.85. The summed E-state index contributed by atoms with van der Waals surface area (Å²) < 4.78 is 27.4. The van der Waals surface area contributed by atoms with Crippen LogP contribution in [0.3, 0.4) is 0 Å². The van der Waals surface area contributed by atoms with Gasteiger partial charge in [0.05, 0.1) is 0 Å². The second-order valence-electron chi connectivity index (χ2n) is 7.49. The fraction of sp³-hybridized carbons (Fsp3) is 0.455. The number of likely N-dealkylation sites (tertiary alicyclic amines) is 1. The number of rotatable bonds is 4. The van der Waals surface area contributed by atoms with Gasteiger partial charge < -0.3 is 15.3 Å². The van der Waals surface area contributed by atoms with Gasteiger partial charge in [0, 0.05) is 31.2 Å². The zero-order valence-electron chi connectivity index (χ0n) is 16.0. The standard InChI is InChI=1S/C22H26F2N2.ClH.H2O/c23-18-7-5-17(6-8-18)20-4-3-13-26(15-14-25-11-1-2-12-25)22-16-19(24)9-10-21(20)22;;/h5-10,16,20H,1-4,11-15H2;1H;1H2. The molecule has 0 aliphatic carbocycles. The Morgan fingerprint density at radius 2 is 1.50 bits per heavy atom. The summed E-state index contributed by atoms with van der Waals surface area (Å²) in [7, 11) is 0. The van der Waals surface area contributed by atoms with Crippen molar-refractivity contribution in [3.8, 4) is 0 Å². The SMILES string of the molecule is Cl.Fc1ccc(C2CCCN(CCN3CCCC3)c3cc(F)ccc32)cc1.O. The number of fused-ring (bicyclic) bond motifs is 1. The van der Waals surface area contributed by atoms with E-state index >= 15 is 0 Å². The molecule has 0 amide bonds. The van der Waals surface area contributed by atoms with Gasteiger partial charge in [-0.2, -0.15) is 0 Å². The molecule has 1 unspecified atom stereocenters. The maximum absolute atomic E-state index is 14.0. The molecule has 2 heterocycles. The van der Waals surface area contributed by atoms with Gasteiger partial charge in [0.2, 0.25) is 0 Å². The van der Waals surface area contributed by atoms with Crippen LogP contribution in [0.2, 0.25) is 0 Å². The molecule has 4 rings (SSSR count). The Morgan fingerprint density at radius 3 is 2.21 bits per heavy atom. The zero-order valence-corrected chi connectivity index (χ0v) is 16.9. The number of hydrogen-bond acceptors (Lipinski definition) is 2. The summed E-state index contributed by atoms with van der Waals surface area (Å²) in [5.74, 6) is -0.202. The van der Waals surface area contributed by atoms with E-state index in [9.17, 15) is 8.78 Å². The van der Waals surface area contributed by atoms with E-state index in [1.54, 1.807) is 12.1 Å². The van der Waals surface area contributed by atoms with Crippen LogP contribution in [0, 0.1) is 11.6 Å². The van der Waals surface area contributed by atoms with Crippen LogP contribution in [-0.4, -0.2) is 43.1 Å². The molecular weight excluding hydrogens is 382 g/mol. The normalized spacial score (nSPS) is 19.4. The van der Waals surface area contributed by atoms with Gasteiger partial charge in [-0.3, -0.25) is 0 Å². The molecule has 154 valence electrons. The van der Waals surface area contributed by atoms with Gasteiger partial charge in [-0.1, -0.05) is 18.2 Å². The maximum Gasteiger partial charge on any atom is 0.125 e. The Morgan fingerprint density at radius 1 is 0.821 bits per heavy atom. The van der Waals surface area contributed by atoms with Crippen molar-refractivity contribution in [1.29, 1.82) is 0 Å². The van der Waals surface area contributed by atoms with E-state index in [4.69, 9.17) is 0 Å². The summed E-state index contributed by atoms with van der Waals surface area (Å²) in [6.45, 7) is 5.29. The van der Waals surface area contributed by atoms with Crippen molar-refractivity contribution < 1.29 is 14.3 Å². The number of benzene rings is 2. The van der Waals surface area contributed by atoms with E-state index in [0.29, 0.717) is 0 Å². The van der Waals surface area contributed by atoms with E-state index in [0.717, 1.165) is 49.3 Å². The molecule has 28 heavy (non-hydrogen) atoms. The lowest BCUT2D eigenvalue weighted by Gasteiger charge is -2.28. The van der Waals surface area contributed by atoms with Crippen LogP contribution in [0.4, 0.5) is 14.5 Å². The van der Waals surface area contributed by atoms with E-state index in [-0.39, 0.29) is 35.4 Å². The topological polar surface area (TPSA) is 38.0 Å². The van der Waals surface area contributed by atoms with Gasteiger partial charge in [-0.05, 0) is 74.2 Å². The predicted molar refractivity (Wildman–Crippen MR) is 113 cm³/mol. The van der Waals surface area contributed by atoms with Gasteiger partial charge in [0.25, 0.3) is 0 Å². The smallest absolute Gasteiger partial charge is 0.125 e. The summed E-state index contributed by atoms with van der Waals surface area (Å²) in [5.41, 5.74) is 3.29. The molecule has 6 heteroatoms. The molecule has 1 atom stereocenters. The fourth-order valence-electron chi connectivity index (χ4n) is 4.39. The van der Waals surface area contributed by atoms with E-state index in [1.165, 1.54) is 38.1 Å². The highest BCUT2D eigenvalue weighted by molar-refractivity contribution is 5.85. The van der Waals surface area contributed by atoms with Gasteiger partial charge in [0.15, 0.2) is 0 Å². The summed E-state index contributed by atoms with van der Waals surface area (Å²) in [5, 5.41) is 0. The molecule has 2 N–H and O–H groups in total. The zero-order chi connectivity index (χ0) is 17.9. The second kappa shape index (κ2) is 10.2. The third kappa shape index (κ3) is 5.02. The average Bonchev–Trinajstić information content (AvgIpc) is 3.10.